The highest BCUT2D eigenvalue weighted by molar-refractivity contribution is 5.96. The highest BCUT2D eigenvalue weighted by Crippen LogP contribution is 2.17. The van der Waals surface area contributed by atoms with E-state index >= 15 is 0 Å². The van der Waals surface area contributed by atoms with Gasteiger partial charge in [0.25, 0.3) is 5.91 Å². The third kappa shape index (κ3) is 4.68. The minimum absolute atomic E-state index is 0.0453. The molecule has 0 aliphatic carbocycles. The van der Waals surface area contributed by atoms with Gasteiger partial charge in [-0.05, 0) is 44.0 Å². The Kier molecular flexibility index (Phi) is 5.52. The van der Waals surface area contributed by atoms with Gasteiger partial charge in [0.05, 0.1) is 11.7 Å². The van der Waals surface area contributed by atoms with Gasteiger partial charge in [-0.15, -0.1) is 0 Å². The van der Waals surface area contributed by atoms with E-state index in [0.29, 0.717) is 6.54 Å². The number of piperidine rings is 1. The summed E-state index contributed by atoms with van der Waals surface area (Å²) in [6, 6.07) is 3.30. The summed E-state index contributed by atoms with van der Waals surface area (Å²) in [7, 11) is 0. The maximum atomic E-state index is 13.1. The fourth-order valence-electron chi connectivity index (χ4n) is 2.43. The van der Waals surface area contributed by atoms with Crippen molar-refractivity contribution in [1.29, 1.82) is 0 Å². The molecule has 1 fully saturated rings. The normalized spacial score (nSPS) is 16.9. The molecule has 116 valence electrons. The summed E-state index contributed by atoms with van der Waals surface area (Å²) < 4.78 is 13.1. The van der Waals surface area contributed by atoms with Crippen molar-refractivity contribution in [1.82, 2.24) is 10.2 Å². The molecule has 0 radical (unpaired) electrons. The molecule has 0 atom stereocenters. The lowest BCUT2D eigenvalue weighted by Gasteiger charge is -2.29. The molecule has 0 aromatic heterocycles. The zero-order valence-corrected chi connectivity index (χ0v) is 11.9. The number of phenols is 1. The van der Waals surface area contributed by atoms with Crippen molar-refractivity contribution in [3.8, 4) is 5.75 Å². The summed E-state index contributed by atoms with van der Waals surface area (Å²) in [5.74, 6) is -1.25. The first-order chi connectivity index (χ1) is 10.1. The molecule has 0 bridgehead atoms. The second-order valence-corrected chi connectivity index (χ2v) is 5.34. The lowest BCUT2D eigenvalue weighted by atomic mass is 10.1. The van der Waals surface area contributed by atoms with Crippen LogP contribution in [0.1, 0.15) is 29.6 Å². The molecule has 2 rings (SSSR count). The van der Waals surface area contributed by atoms with Crippen molar-refractivity contribution in [2.24, 2.45) is 0 Å². The second-order valence-electron chi connectivity index (χ2n) is 5.34. The van der Waals surface area contributed by atoms with Gasteiger partial charge in [-0.1, -0.05) is 0 Å². The minimum Gasteiger partial charge on any atom is -0.507 e. The molecule has 5 nitrogen and oxygen atoms in total. The molecule has 0 unspecified atom stereocenters. The SMILES string of the molecule is O=C(NCCCN1CCC(O)CC1)c1cc(F)ccc1O. The lowest BCUT2D eigenvalue weighted by molar-refractivity contribution is 0.0816. The number of benzene rings is 1. The van der Waals surface area contributed by atoms with E-state index in [9.17, 15) is 19.4 Å². The predicted octanol–water partition coefficient (Wildman–Crippen LogP) is 1.11. The maximum absolute atomic E-state index is 13.1. The van der Waals surface area contributed by atoms with E-state index in [1.54, 1.807) is 0 Å². The first-order valence-corrected chi connectivity index (χ1v) is 7.23. The molecule has 1 saturated heterocycles. The smallest absolute Gasteiger partial charge is 0.255 e. The summed E-state index contributed by atoms with van der Waals surface area (Å²) in [6.45, 7) is 3.07. The molecule has 0 spiro atoms. The van der Waals surface area contributed by atoms with Crippen LogP contribution in [0.4, 0.5) is 4.39 Å². The molecule has 1 aliphatic rings. The highest BCUT2D eigenvalue weighted by atomic mass is 19.1. The van der Waals surface area contributed by atoms with Crippen molar-refractivity contribution >= 4 is 5.91 Å². The third-order valence-electron chi connectivity index (χ3n) is 3.70. The van der Waals surface area contributed by atoms with Crippen LogP contribution in [0.25, 0.3) is 0 Å². The second kappa shape index (κ2) is 7.38. The van der Waals surface area contributed by atoms with E-state index < -0.39 is 11.7 Å². The van der Waals surface area contributed by atoms with E-state index in [1.807, 2.05) is 0 Å². The molecular weight excluding hydrogens is 275 g/mol. The molecule has 6 heteroatoms. The van der Waals surface area contributed by atoms with Crippen LogP contribution in [-0.4, -0.2) is 53.3 Å². The average Bonchev–Trinajstić information content (AvgIpc) is 2.47. The average molecular weight is 296 g/mol. The molecule has 0 saturated carbocycles. The number of hydrogen-bond donors (Lipinski definition) is 3. The van der Waals surface area contributed by atoms with Crippen molar-refractivity contribution in [2.45, 2.75) is 25.4 Å². The van der Waals surface area contributed by atoms with Gasteiger partial charge in [0, 0.05) is 19.6 Å². The number of aliphatic hydroxyl groups excluding tert-OH is 1. The number of rotatable bonds is 5. The molecule has 1 heterocycles. The van der Waals surface area contributed by atoms with Crippen LogP contribution >= 0.6 is 0 Å². The van der Waals surface area contributed by atoms with Crippen LogP contribution in [0.3, 0.4) is 0 Å². The number of halogens is 1. The fourth-order valence-corrected chi connectivity index (χ4v) is 2.43. The largest absolute Gasteiger partial charge is 0.507 e. The quantitative estimate of drug-likeness (QED) is 0.712. The molecule has 21 heavy (non-hydrogen) atoms. The Morgan fingerprint density at radius 2 is 2.10 bits per heavy atom. The molecule has 3 N–H and O–H groups in total. The number of nitrogens with one attached hydrogen (secondary N) is 1. The van der Waals surface area contributed by atoms with E-state index in [4.69, 9.17) is 0 Å². The molecular formula is C15H21FN2O3. The number of nitrogens with zero attached hydrogens (tertiary/aromatic N) is 1. The Morgan fingerprint density at radius 1 is 1.38 bits per heavy atom. The Labute approximate surface area is 123 Å². The van der Waals surface area contributed by atoms with E-state index in [1.165, 1.54) is 6.07 Å². The molecule has 1 aromatic rings. The summed E-state index contributed by atoms with van der Waals surface area (Å²) in [4.78, 5) is 14.1. The zero-order valence-electron chi connectivity index (χ0n) is 11.9. The molecule has 1 aromatic carbocycles. The minimum atomic E-state index is -0.551. The first-order valence-electron chi connectivity index (χ1n) is 7.23. The van der Waals surface area contributed by atoms with Crippen LogP contribution in [0.15, 0.2) is 18.2 Å². The topological polar surface area (TPSA) is 72.8 Å². The van der Waals surface area contributed by atoms with Crippen LogP contribution in [0, 0.1) is 5.82 Å². The Balaban J connectivity index is 1.71. The van der Waals surface area contributed by atoms with Crippen LogP contribution in [-0.2, 0) is 0 Å². The predicted molar refractivity (Wildman–Crippen MR) is 76.7 cm³/mol. The molecule has 1 aliphatic heterocycles. The zero-order chi connectivity index (χ0) is 15.2. The van der Waals surface area contributed by atoms with Gasteiger partial charge in [-0.3, -0.25) is 4.79 Å². The number of hydrogen-bond acceptors (Lipinski definition) is 4. The van der Waals surface area contributed by atoms with Gasteiger partial charge in [0.2, 0.25) is 0 Å². The lowest BCUT2D eigenvalue weighted by Crippen LogP contribution is -2.37. The van der Waals surface area contributed by atoms with Gasteiger partial charge < -0.3 is 20.4 Å². The number of aliphatic hydroxyl groups is 1. The van der Waals surface area contributed by atoms with Crippen LogP contribution in [0.2, 0.25) is 0 Å². The van der Waals surface area contributed by atoms with Crippen molar-refractivity contribution < 1.29 is 19.4 Å². The summed E-state index contributed by atoms with van der Waals surface area (Å²) >= 11 is 0. The number of carbonyl (C=O) groups is 1. The van der Waals surface area contributed by atoms with Crippen molar-refractivity contribution in [3.05, 3.63) is 29.6 Å². The monoisotopic (exact) mass is 296 g/mol. The summed E-state index contributed by atoms with van der Waals surface area (Å²) in [5.41, 5.74) is -0.0453. The number of aromatic hydroxyl groups is 1. The Hall–Kier alpha value is -1.66. The van der Waals surface area contributed by atoms with E-state index in [2.05, 4.69) is 10.2 Å². The number of phenolic OH excluding ortho intramolecular Hbond substituents is 1. The number of amides is 1. The summed E-state index contributed by atoms with van der Waals surface area (Å²) in [5, 5.41) is 21.6. The van der Waals surface area contributed by atoms with E-state index in [0.717, 1.165) is 51.0 Å². The Morgan fingerprint density at radius 3 is 2.81 bits per heavy atom. The number of carbonyl (C=O) groups excluding carboxylic acids is 1. The van der Waals surface area contributed by atoms with Gasteiger partial charge in [-0.2, -0.15) is 0 Å². The van der Waals surface area contributed by atoms with Gasteiger partial charge >= 0.3 is 0 Å². The van der Waals surface area contributed by atoms with Gasteiger partial charge in [-0.25, -0.2) is 4.39 Å². The van der Waals surface area contributed by atoms with Crippen LogP contribution < -0.4 is 5.32 Å². The first kappa shape index (κ1) is 15.7. The van der Waals surface area contributed by atoms with Gasteiger partial charge in [0.1, 0.15) is 11.6 Å². The third-order valence-corrected chi connectivity index (χ3v) is 3.70. The van der Waals surface area contributed by atoms with Crippen LogP contribution in [0.5, 0.6) is 5.75 Å². The standard InChI is InChI=1S/C15H21FN2O3/c16-11-2-3-14(20)13(10-11)15(21)17-6-1-7-18-8-4-12(19)5-9-18/h2-3,10,12,19-20H,1,4-9H2,(H,17,21). The molecule has 1 amide bonds. The van der Waals surface area contributed by atoms with Crippen molar-refractivity contribution in [3.63, 3.8) is 0 Å². The summed E-state index contributed by atoms with van der Waals surface area (Å²) in [6.07, 6.45) is 2.18. The van der Waals surface area contributed by atoms with Gasteiger partial charge in [0.15, 0.2) is 0 Å². The fraction of sp³-hybridized carbons (Fsp3) is 0.533. The highest BCUT2D eigenvalue weighted by Gasteiger charge is 2.16. The maximum Gasteiger partial charge on any atom is 0.255 e. The number of likely N-dealkylation sites (tertiary alicyclic amines) is 1. The Bertz CT molecular complexity index is 488. The van der Waals surface area contributed by atoms with E-state index in [-0.39, 0.29) is 17.4 Å². The van der Waals surface area contributed by atoms with Crippen molar-refractivity contribution in [2.75, 3.05) is 26.2 Å².